The van der Waals surface area contributed by atoms with E-state index in [1.54, 1.807) is 30.3 Å². The fourth-order valence-electron chi connectivity index (χ4n) is 3.95. The largest absolute Gasteiger partial charge is 0.493 e. The minimum absolute atomic E-state index is 0.0130. The molecule has 4 rings (SSSR count). The quantitative estimate of drug-likeness (QED) is 0.745. The van der Waals surface area contributed by atoms with E-state index in [1.165, 1.54) is 18.2 Å². The maximum atomic E-state index is 14.3. The van der Waals surface area contributed by atoms with Gasteiger partial charge in [0, 0.05) is 18.5 Å². The number of benzene rings is 2. The first kappa shape index (κ1) is 20.3. The first-order chi connectivity index (χ1) is 15.0. The van der Waals surface area contributed by atoms with Crippen LogP contribution >= 0.6 is 0 Å². The highest BCUT2D eigenvalue weighted by Crippen LogP contribution is 2.41. The number of rotatable bonds is 5. The number of nitriles is 1. The molecular formula is C22H19FN4O4. The molecule has 4 amide bonds. The predicted octanol–water partition coefficient (Wildman–Crippen LogP) is 2.30. The van der Waals surface area contributed by atoms with Crippen LogP contribution in [-0.4, -0.2) is 42.4 Å². The van der Waals surface area contributed by atoms with Crippen LogP contribution in [0.4, 0.5) is 14.9 Å². The lowest BCUT2D eigenvalue weighted by Gasteiger charge is -2.33. The average molecular weight is 422 g/mol. The number of amides is 4. The van der Waals surface area contributed by atoms with Crippen molar-refractivity contribution in [2.24, 2.45) is 0 Å². The molecule has 1 spiro atoms. The van der Waals surface area contributed by atoms with E-state index in [2.05, 4.69) is 5.32 Å². The van der Waals surface area contributed by atoms with Crippen LogP contribution in [0, 0.1) is 17.1 Å². The number of para-hydroxylation sites is 2. The lowest BCUT2D eigenvalue weighted by Crippen LogP contribution is -2.48. The van der Waals surface area contributed by atoms with Gasteiger partial charge in [-0.05, 0) is 18.2 Å². The lowest BCUT2D eigenvalue weighted by molar-refractivity contribution is -0.135. The second-order valence-corrected chi connectivity index (χ2v) is 7.23. The number of hydrogen-bond acceptors (Lipinski definition) is 5. The molecule has 1 N–H and O–H groups in total. The highest BCUT2D eigenvalue weighted by atomic mass is 19.1. The number of hydrogen-bond donors (Lipinski definition) is 1. The van der Waals surface area contributed by atoms with Crippen LogP contribution in [0.2, 0.25) is 0 Å². The van der Waals surface area contributed by atoms with E-state index in [0.717, 1.165) is 9.80 Å². The first-order valence-electron chi connectivity index (χ1n) is 9.76. The Hall–Kier alpha value is -3.93. The van der Waals surface area contributed by atoms with Crippen molar-refractivity contribution in [2.45, 2.75) is 18.4 Å². The molecule has 2 aromatic rings. The Morgan fingerprint density at radius 1 is 1.23 bits per heavy atom. The van der Waals surface area contributed by atoms with Gasteiger partial charge in [0.2, 0.25) is 5.91 Å². The molecular weight excluding hydrogens is 403 g/mol. The minimum Gasteiger partial charge on any atom is -0.493 e. The molecule has 2 aromatic carbocycles. The normalized spacial score (nSPS) is 19.4. The number of urea groups is 1. The lowest BCUT2D eigenvalue weighted by atomic mass is 9.84. The van der Waals surface area contributed by atoms with Crippen molar-refractivity contribution in [3.63, 3.8) is 0 Å². The fraction of sp³-hybridized carbons (Fsp3) is 0.273. The number of anilines is 1. The van der Waals surface area contributed by atoms with Gasteiger partial charge in [-0.15, -0.1) is 0 Å². The van der Waals surface area contributed by atoms with Gasteiger partial charge in [0.25, 0.3) is 5.91 Å². The molecule has 2 aliphatic rings. The molecule has 0 radical (unpaired) electrons. The highest BCUT2D eigenvalue weighted by molar-refractivity contribution is 6.11. The zero-order valence-electron chi connectivity index (χ0n) is 16.5. The molecule has 0 saturated carbocycles. The Morgan fingerprint density at radius 3 is 2.74 bits per heavy atom. The fourth-order valence-corrected chi connectivity index (χ4v) is 3.95. The molecule has 0 bridgehead atoms. The third kappa shape index (κ3) is 3.46. The molecule has 0 aromatic heterocycles. The van der Waals surface area contributed by atoms with Crippen molar-refractivity contribution in [3.05, 3.63) is 59.9 Å². The van der Waals surface area contributed by atoms with Crippen molar-refractivity contribution >= 4 is 23.5 Å². The van der Waals surface area contributed by atoms with Crippen molar-refractivity contribution < 1.29 is 23.5 Å². The standard InChI is InChI=1S/C22H19FN4O4/c23-16-7-2-3-8-17(16)26(12-5-11-24)19(28)14-27-20(29)22(25-21(27)30)10-13-31-18-9-4-1-6-15(18)22/h1-4,6-9H,5,10,12-14H2,(H,25,30). The monoisotopic (exact) mass is 422 g/mol. The molecule has 8 nitrogen and oxygen atoms in total. The zero-order valence-corrected chi connectivity index (χ0v) is 16.5. The van der Waals surface area contributed by atoms with Crippen LogP contribution < -0.4 is 15.0 Å². The van der Waals surface area contributed by atoms with Crippen LogP contribution in [-0.2, 0) is 15.1 Å². The first-order valence-corrected chi connectivity index (χ1v) is 9.76. The summed E-state index contributed by atoms with van der Waals surface area (Å²) in [5.74, 6) is -1.37. The summed E-state index contributed by atoms with van der Waals surface area (Å²) in [7, 11) is 0. The third-order valence-corrected chi connectivity index (χ3v) is 5.44. The van der Waals surface area contributed by atoms with Gasteiger partial charge < -0.3 is 15.0 Å². The van der Waals surface area contributed by atoms with Crippen LogP contribution in [0.3, 0.4) is 0 Å². The summed E-state index contributed by atoms with van der Waals surface area (Å²) in [6.45, 7) is -0.411. The van der Waals surface area contributed by atoms with Crippen molar-refractivity contribution in [2.75, 3.05) is 24.6 Å². The smallest absolute Gasteiger partial charge is 0.325 e. The molecule has 1 fully saturated rings. The zero-order chi connectivity index (χ0) is 22.0. The van der Waals surface area contributed by atoms with Gasteiger partial charge in [0.1, 0.15) is 18.1 Å². The SMILES string of the molecule is N#CCCN(C(=O)CN1C(=O)NC2(CCOc3ccccc32)C1=O)c1ccccc1F. The number of halogens is 1. The van der Waals surface area contributed by atoms with E-state index < -0.39 is 35.7 Å². The summed E-state index contributed by atoms with van der Waals surface area (Å²) in [4.78, 5) is 41.0. The predicted molar refractivity (Wildman–Crippen MR) is 107 cm³/mol. The second-order valence-electron chi connectivity index (χ2n) is 7.23. The number of imide groups is 1. The molecule has 9 heteroatoms. The minimum atomic E-state index is -1.30. The van der Waals surface area contributed by atoms with E-state index in [9.17, 15) is 18.8 Å². The number of nitrogens with zero attached hydrogens (tertiary/aromatic N) is 3. The average Bonchev–Trinajstić information content (AvgIpc) is 3.00. The molecule has 31 heavy (non-hydrogen) atoms. The van der Waals surface area contributed by atoms with Gasteiger partial charge in [-0.2, -0.15) is 5.26 Å². The molecule has 2 heterocycles. The van der Waals surface area contributed by atoms with Crippen LogP contribution in [0.25, 0.3) is 0 Å². The van der Waals surface area contributed by atoms with E-state index in [-0.39, 0.29) is 31.7 Å². The second kappa shape index (κ2) is 8.07. The van der Waals surface area contributed by atoms with Gasteiger partial charge >= 0.3 is 6.03 Å². The van der Waals surface area contributed by atoms with E-state index in [1.807, 2.05) is 6.07 Å². The number of nitrogens with one attached hydrogen (secondary N) is 1. The Bertz CT molecular complexity index is 1100. The van der Waals surface area contributed by atoms with Crippen LogP contribution in [0.1, 0.15) is 18.4 Å². The molecule has 2 aliphatic heterocycles. The number of ether oxygens (including phenoxy) is 1. The summed E-state index contributed by atoms with van der Waals surface area (Å²) >= 11 is 0. The summed E-state index contributed by atoms with van der Waals surface area (Å²) in [5.41, 5.74) is -0.785. The van der Waals surface area contributed by atoms with Crippen LogP contribution in [0.5, 0.6) is 5.75 Å². The highest BCUT2D eigenvalue weighted by Gasteiger charge is 2.55. The van der Waals surface area contributed by atoms with Crippen molar-refractivity contribution in [3.8, 4) is 11.8 Å². The summed E-state index contributed by atoms with van der Waals surface area (Å²) in [6, 6.07) is 13.8. The summed E-state index contributed by atoms with van der Waals surface area (Å²) in [5, 5.41) is 11.6. The Morgan fingerprint density at radius 2 is 1.97 bits per heavy atom. The number of carbonyl (C=O) groups is 3. The van der Waals surface area contributed by atoms with Gasteiger partial charge in [-0.25, -0.2) is 9.18 Å². The van der Waals surface area contributed by atoms with Gasteiger partial charge in [0.05, 0.1) is 24.8 Å². The van der Waals surface area contributed by atoms with Crippen LogP contribution in [0.15, 0.2) is 48.5 Å². The maximum Gasteiger partial charge on any atom is 0.325 e. The topological polar surface area (TPSA) is 103 Å². The van der Waals surface area contributed by atoms with Gasteiger partial charge in [-0.1, -0.05) is 30.3 Å². The number of fused-ring (bicyclic) bond motifs is 2. The van der Waals surface area contributed by atoms with E-state index in [0.29, 0.717) is 11.3 Å². The van der Waals surface area contributed by atoms with Crippen molar-refractivity contribution in [1.82, 2.24) is 10.2 Å². The number of carbonyl (C=O) groups excluding carboxylic acids is 3. The maximum absolute atomic E-state index is 14.3. The Balaban J connectivity index is 1.61. The molecule has 1 saturated heterocycles. The molecule has 1 unspecified atom stereocenters. The Labute approximate surface area is 177 Å². The summed E-state index contributed by atoms with van der Waals surface area (Å²) < 4.78 is 19.9. The van der Waals surface area contributed by atoms with Gasteiger partial charge in [-0.3, -0.25) is 14.5 Å². The molecule has 158 valence electrons. The summed E-state index contributed by atoms with van der Waals surface area (Å²) in [6.07, 6.45) is 0.194. The molecule has 1 atom stereocenters. The Kier molecular flexibility index (Phi) is 5.29. The van der Waals surface area contributed by atoms with Gasteiger partial charge in [0.15, 0.2) is 5.54 Å². The molecule has 0 aliphatic carbocycles. The van der Waals surface area contributed by atoms with E-state index in [4.69, 9.17) is 10.00 Å². The van der Waals surface area contributed by atoms with Crippen molar-refractivity contribution in [1.29, 1.82) is 5.26 Å². The third-order valence-electron chi connectivity index (χ3n) is 5.44. The van der Waals surface area contributed by atoms with E-state index >= 15 is 0 Å².